The number of aryl methyl sites for hydroxylation is 1. The highest BCUT2D eigenvalue weighted by Crippen LogP contribution is 2.34. The Morgan fingerprint density at radius 3 is 2.49 bits per heavy atom. The second kappa shape index (κ2) is 10.4. The molecule has 1 aromatic carbocycles. The summed E-state index contributed by atoms with van der Waals surface area (Å²) in [7, 11) is 1.76. The van der Waals surface area contributed by atoms with Crippen molar-refractivity contribution in [2.75, 3.05) is 28.6 Å². The third kappa shape index (κ3) is 5.23. The molecule has 4 heterocycles. The van der Waals surface area contributed by atoms with Gasteiger partial charge in [-0.3, -0.25) is 4.79 Å². The number of ether oxygens (including phenoxy) is 1. The molecule has 1 unspecified atom stereocenters. The van der Waals surface area contributed by atoms with Crippen LogP contribution in [0.5, 0.6) is 0 Å². The second-order valence-electron chi connectivity index (χ2n) is 9.44. The number of nitrogens with one attached hydrogen (secondary N) is 2. The summed E-state index contributed by atoms with van der Waals surface area (Å²) in [5.41, 5.74) is 2.79. The van der Waals surface area contributed by atoms with E-state index in [0.29, 0.717) is 22.2 Å². The normalized spacial score (nSPS) is 18.6. The monoisotopic (exact) mass is 519 g/mol. The Kier molecular flexibility index (Phi) is 6.99. The van der Waals surface area contributed by atoms with Crippen LogP contribution in [0.4, 0.5) is 22.9 Å². The van der Waals surface area contributed by atoms with Crippen molar-refractivity contribution in [1.82, 2.24) is 19.5 Å². The molecule has 3 atom stereocenters. The number of rotatable bonds is 6. The lowest BCUT2D eigenvalue weighted by atomic mass is 10.1. The Balaban J connectivity index is 1.51. The Hall–Kier alpha value is -3.69. The molecular weight excluding hydrogens is 490 g/mol. The summed E-state index contributed by atoms with van der Waals surface area (Å²) in [5, 5.41) is 8.24. The maximum atomic E-state index is 13.0. The van der Waals surface area contributed by atoms with Crippen LogP contribution in [0.1, 0.15) is 32.6 Å². The third-order valence-electron chi connectivity index (χ3n) is 6.46. The number of fused-ring (bicyclic) bond motifs is 1. The van der Waals surface area contributed by atoms with Crippen molar-refractivity contribution >= 4 is 45.4 Å². The first-order valence-electron chi connectivity index (χ1n) is 12.3. The van der Waals surface area contributed by atoms with Gasteiger partial charge in [-0.2, -0.15) is 0 Å². The summed E-state index contributed by atoms with van der Waals surface area (Å²) in [6, 6.07) is 11.0. The van der Waals surface area contributed by atoms with Crippen molar-refractivity contribution in [2.24, 2.45) is 7.05 Å². The molecule has 3 aromatic heterocycles. The van der Waals surface area contributed by atoms with E-state index >= 15 is 0 Å². The van der Waals surface area contributed by atoms with Crippen molar-refractivity contribution in [3.63, 3.8) is 0 Å². The molecule has 1 aliphatic rings. The Bertz CT molecular complexity index is 1470. The van der Waals surface area contributed by atoms with E-state index in [1.807, 2.05) is 31.2 Å². The van der Waals surface area contributed by atoms with Crippen LogP contribution in [-0.2, 0) is 11.8 Å². The fourth-order valence-electron chi connectivity index (χ4n) is 4.79. The fourth-order valence-corrected chi connectivity index (χ4v) is 4.94. The minimum absolute atomic E-state index is 0.111. The van der Waals surface area contributed by atoms with Gasteiger partial charge in [0.25, 0.3) is 5.56 Å². The van der Waals surface area contributed by atoms with Crippen LogP contribution in [0.25, 0.3) is 10.9 Å². The lowest BCUT2D eigenvalue weighted by molar-refractivity contribution is -0.00545. The second-order valence-corrected chi connectivity index (χ2v) is 9.85. The molecule has 0 bridgehead atoms. The van der Waals surface area contributed by atoms with Crippen LogP contribution < -0.4 is 21.1 Å². The maximum absolute atomic E-state index is 13.0. The van der Waals surface area contributed by atoms with Crippen LogP contribution in [-0.4, -0.2) is 44.8 Å². The minimum Gasteiger partial charge on any atom is -0.375 e. The van der Waals surface area contributed by atoms with Crippen LogP contribution in [0.2, 0.25) is 5.02 Å². The van der Waals surface area contributed by atoms with E-state index < -0.39 is 0 Å². The molecule has 1 aliphatic heterocycles. The quantitative estimate of drug-likeness (QED) is 0.371. The van der Waals surface area contributed by atoms with Gasteiger partial charge in [-0.1, -0.05) is 23.7 Å². The lowest BCUT2D eigenvalue weighted by Crippen LogP contribution is -2.45. The Morgan fingerprint density at radius 1 is 1.03 bits per heavy atom. The number of nitrogens with zero attached hydrogens (tertiary/aromatic N) is 5. The van der Waals surface area contributed by atoms with Crippen molar-refractivity contribution in [3.05, 3.63) is 76.2 Å². The number of aromatic nitrogens is 4. The number of morpholine rings is 1. The molecule has 5 rings (SSSR count). The zero-order chi connectivity index (χ0) is 26.1. The fraction of sp³-hybridized carbons (Fsp3) is 0.333. The number of anilines is 4. The highest BCUT2D eigenvalue weighted by molar-refractivity contribution is 6.33. The van der Waals surface area contributed by atoms with Gasteiger partial charge in [0.1, 0.15) is 11.6 Å². The average molecular weight is 520 g/mol. The molecule has 1 fully saturated rings. The van der Waals surface area contributed by atoms with Crippen molar-refractivity contribution in [3.8, 4) is 0 Å². The first-order valence-corrected chi connectivity index (χ1v) is 12.7. The van der Waals surface area contributed by atoms with Crippen molar-refractivity contribution < 1.29 is 4.74 Å². The standard InChI is InChI=1S/C27H30ClN7O2/c1-16-14-35(15-17(2)37-16)24-11-23(20(28)13-31-24)33-21-8-5-7-19-22(12-25(36)34(4)26(19)21)32-18(3)27-29-9-6-10-30-27/h5-13,16-18,32H,14-15H2,1-4H3,(H,31,33)/t16-,17+,18?. The van der Waals surface area contributed by atoms with Crippen LogP contribution in [0, 0.1) is 0 Å². The lowest BCUT2D eigenvalue weighted by Gasteiger charge is -2.36. The van der Waals surface area contributed by atoms with E-state index in [0.717, 1.165) is 35.5 Å². The predicted molar refractivity (Wildman–Crippen MR) is 148 cm³/mol. The molecule has 0 aliphatic carbocycles. The van der Waals surface area contributed by atoms with Gasteiger partial charge < -0.3 is 24.8 Å². The Labute approximate surface area is 220 Å². The van der Waals surface area contributed by atoms with Crippen LogP contribution in [0.3, 0.4) is 0 Å². The van der Waals surface area contributed by atoms with Crippen LogP contribution >= 0.6 is 11.6 Å². The van der Waals surface area contributed by atoms with Crippen molar-refractivity contribution in [2.45, 2.75) is 39.0 Å². The van der Waals surface area contributed by atoms with E-state index in [1.165, 1.54) is 0 Å². The summed E-state index contributed by atoms with van der Waals surface area (Å²) in [6.45, 7) is 7.58. The van der Waals surface area contributed by atoms with Crippen molar-refractivity contribution in [1.29, 1.82) is 0 Å². The van der Waals surface area contributed by atoms with Gasteiger partial charge in [0.05, 0.1) is 46.4 Å². The molecule has 192 valence electrons. The molecular formula is C27H30ClN7O2. The topological polar surface area (TPSA) is 97.2 Å². The molecule has 0 amide bonds. The SMILES string of the molecule is CC(Nc1cc(=O)n(C)c2c(Nc3cc(N4C[C@@H](C)O[C@@H](C)C4)ncc3Cl)cccc12)c1ncccn1. The number of pyridine rings is 2. The maximum Gasteiger partial charge on any atom is 0.252 e. The predicted octanol–water partition coefficient (Wildman–Crippen LogP) is 4.91. The molecule has 0 radical (unpaired) electrons. The number of hydrogen-bond acceptors (Lipinski definition) is 8. The molecule has 2 N–H and O–H groups in total. The van der Waals surface area contributed by atoms with E-state index in [-0.39, 0.29) is 23.8 Å². The highest BCUT2D eigenvalue weighted by atomic mass is 35.5. The van der Waals surface area contributed by atoms with Gasteiger partial charge in [-0.25, -0.2) is 15.0 Å². The van der Waals surface area contributed by atoms with Gasteiger partial charge in [-0.15, -0.1) is 0 Å². The molecule has 1 saturated heterocycles. The number of benzene rings is 1. The van der Waals surface area contributed by atoms with Gasteiger partial charge in [0, 0.05) is 55.7 Å². The van der Waals surface area contributed by atoms with E-state index in [1.54, 1.807) is 42.3 Å². The number of para-hydroxylation sites is 1. The zero-order valence-electron chi connectivity index (χ0n) is 21.3. The highest BCUT2D eigenvalue weighted by Gasteiger charge is 2.24. The summed E-state index contributed by atoms with van der Waals surface area (Å²) in [5.74, 6) is 1.47. The zero-order valence-corrected chi connectivity index (χ0v) is 22.0. The molecule has 4 aromatic rings. The van der Waals surface area contributed by atoms with Gasteiger partial charge in [0.2, 0.25) is 0 Å². The Morgan fingerprint density at radius 2 is 1.76 bits per heavy atom. The van der Waals surface area contributed by atoms with Gasteiger partial charge in [0.15, 0.2) is 0 Å². The summed E-state index contributed by atoms with van der Waals surface area (Å²) >= 11 is 6.57. The first-order chi connectivity index (χ1) is 17.8. The molecule has 0 spiro atoms. The van der Waals surface area contributed by atoms with Crippen LogP contribution in [0.15, 0.2) is 59.8 Å². The molecule has 9 nitrogen and oxygen atoms in total. The smallest absolute Gasteiger partial charge is 0.252 e. The molecule has 10 heteroatoms. The van der Waals surface area contributed by atoms with Gasteiger partial charge in [-0.05, 0) is 32.9 Å². The number of hydrogen-bond donors (Lipinski definition) is 2. The van der Waals surface area contributed by atoms with E-state index in [9.17, 15) is 4.79 Å². The third-order valence-corrected chi connectivity index (χ3v) is 6.76. The average Bonchev–Trinajstić information content (AvgIpc) is 2.88. The first kappa shape index (κ1) is 25.0. The number of halogens is 1. The van der Waals surface area contributed by atoms with E-state index in [4.69, 9.17) is 16.3 Å². The summed E-state index contributed by atoms with van der Waals surface area (Å²) in [4.78, 5) is 28.4. The molecule has 37 heavy (non-hydrogen) atoms. The summed E-state index contributed by atoms with van der Waals surface area (Å²) in [6.07, 6.45) is 5.29. The van der Waals surface area contributed by atoms with E-state index in [2.05, 4.69) is 44.3 Å². The largest absolute Gasteiger partial charge is 0.375 e. The summed E-state index contributed by atoms with van der Waals surface area (Å²) < 4.78 is 7.50. The molecule has 0 saturated carbocycles. The van der Waals surface area contributed by atoms with Gasteiger partial charge >= 0.3 is 0 Å². The minimum atomic E-state index is -0.191.